The molecular formula is C14H16N2O3S2. The molecule has 2 aromatic rings. The fourth-order valence-corrected chi connectivity index (χ4v) is 3.48. The Morgan fingerprint density at radius 2 is 2.10 bits per heavy atom. The zero-order valence-corrected chi connectivity index (χ0v) is 12.9. The molecule has 2 amide bonds. The first-order chi connectivity index (χ1) is 10.2. The summed E-state index contributed by atoms with van der Waals surface area (Å²) in [5.41, 5.74) is 4.90. The van der Waals surface area contributed by atoms with Crippen molar-refractivity contribution in [1.82, 2.24) is 5.06 Å². The quantitative estimate of drug-likeness (QED) is 0.466. The van der Waals surface area contributed by atoms with E-state index >= 15 is 0 Å². The van der Waals surface area contributed by atoms with Crippen molar-refractivity contribution in [2.24, 2.45) is 5.73 Å². The number of ether oxygens (including phenoxy) is 1. The molecule has 0 saturated carbocycles. The molecule has 0 radical (unpaired) electrons. The van der Waals surface area contributed by atoms with Crippen molar-refractivity contribution in [2.75, 3.05) is 13.2 Å². The molecule has 0 atom stereocenters. The largest absolute Gasteiger partial charge is 0.374 e. The lowest BCUT2D eigenvalue weighted by molar-refractivity contribution is -0.0579. The normalized spacial score (nSPS) is 10.5. The van der Waals surface area contributed by atoms with Gasteiger partial charge < -0.3 is 10.5 Å². The average Bonchev–Trinajstić information content (AvgIpc) is 2.91. The lowest BCUT2D eigenvalue weighted by Gasteiger charge is -2.11. The van der Waals surface area contributed by atoms with E-state index in [-0.39, 0.29) is 13.2 Å². The van der Waals surface area contributed by atoms with Gasteiger partial charge in [0.2, 0.25) is 0 Å². The fraction of sp³-hybridized carbons (Fsp3) is 0.214. The lowest BCUT2D eigenvalue weighted by atomic mass is 10.4. The minimum atomic E-state index is -0.880. The third-order valence-electron chi connectivity index (χ3n) is 2.61. The number of thiophene rings is 1. The molecule has 112 valence electrons. The molecule has 0 saturated heterocycles. The highest BCUT2D eigenvalue weighted by atomic mass is 32.2. The molecule has 0 aliphatic carbocycles. The van der Waals surface area contributed by atoms with Gasteiger partial charge >= 0.3 is 6.03 Å². The molecule has 0 aliphatic rings. The number of carbonyl (C=O) groups is 1. The van der Waals surface area contributed by atoms with Crippen molar-refractivity contribution < 1.29 is 14.7 Å². The minimum absolute atomic E-state index is 0.0574. The topological polar surface area (TPSA) is 75.8 Å². The van der Waals surface area contributed by atoms with Gasteiger partial charge in [-0.25, -0.2) is 9.86 Å². The molecule has 0 unspecified atom stereocenters. The van der Waals surface area contributed by atoms with Crippen LogP contribution in [0, 0.1) is 0 Å². The molecule has 1 heterocycles. The van der Waals surface area contributed by atoms with Crippen LogP contribution in [0.4, 0.5) is 4.79 Å². The van der Waals surface area contributed by atoms with Gasteiger partial charge in [-0.3, -0.25) is 5.21 Å². The maximum atomic E-state index is 10.6. The summed E-state index contributed by atoms with van der Waals surface area (Å²) in [5, 5.41) is 11.6. The molecule has 21 heavy (non-hydrogen) atoms. The maximum absolute atomic E-state index is 10.6. The Morgan fingerprint density at radius 1 is 1.33 bits per heavy atom. The van der Waals surface area contributed by atoms with Gasteiger partial charge in [-0.05, 0) is 23.6 Å². The van der Waals surface area contributed by atoms with Crippen molar-refractivity contribution >= 4 is 29.1 Å². The number of hydrogen-bond donors (Lipinski definition) is 2. The zero-order chi connectivity index (χ0) is 15.1. The maximum Gasteiger partial charge on any atom is 0.338 e. The van der Waals surface area contributed by atoms with Crippen molar-refractivity contribution in [1.29, 1.82) is 0 Å². The summed E-state index contributed by atoms with van der Waals surface area (Å²) in [5.74, 6) is 0. The molecule has 3 N–H and O–H groups in total. The van der Waals surface area contributed by atoms with Crippen LogP contribution in [0.3, 0.4) is 0 Å². The average molecular weight is 324 g/mol. The number of urea groups is 1. The molecule has 1 aromatic heterocycles. The first-order valence-electron chi connectivity index (χ1n) is 6.29. The van der Waals surface area contributed by atoms with Gasteiger partial charge in [-0.1, -0.05) is 30.0 Å². The molecule has 5 nitrogen and oxygen atoms in total. The van der Waals surface area contributed by atoms with Crippen LogP contribution in [0.15, 0.2) is 51.6 Å². The molecule has 1 aromatic carbocycles. The van der Waals surface area contributed by atoms with E-state index in [0.717, 1.165) is 9.77 Å². The summed E-state index contributed by atoms with van der Waals surface area (Å²) in [6.07, 6.45) is 0. The summed E-state index contributed by atoms with van der Waals surface area (Å²) in [6.45, 7) is 0.730. The van der Waals surface area contributed by atoms with Gasteiger partial charge in [-0.2, -0.15) is 0 Å². The predicted molar refractivity (Wildman–Crippen MR) is 82.6 cm³/mol. The van der Waals surface area contributed by atoms with Gasteiger partial charge in [0, 0.05) is 14.7 Å². The van der Waals surface area contributed by atoms with Crippen LogP contribution in [0.25, 0.3) is 0 Å². The zero-order valence-electron chi connectivity index (χ0n) is 11.3. The summed E-state index contributed by atoms with van der Waals surface area (Å²) < 4.78 is 5.46. The highest BCUT2D eigenvalue weighted by Crippen LogP contribution is 2.33. The van der Waals surface area contributed by atoms with Gasteiger partial charge in [0.15, 0.2) is 0 Å². The SMILES string of the molecule is NC(=O)N(O)CCOCc1sccc1Sc1ccccc1. The summed E-state index contributed by atoms with van der Waals surface area (Å²) >= 11 is 3.31. The van der Waals surface area contributed by atoms with Gasteiger partial charge in [-0.15, -0.1) is 11.3 Å². The summed E-state index contributed by atoms with van der Waals surface area (Å²) in [7, 11) is 0. The Bertz CT molecular complexity index is 575. The number of hydroxylamine groups is 2. The molecule has 7 heteroatoms. The van der Waals surface area contributed by atoms with Crippen LogP contribution >= 0.6 is 23.1 Å². The monoisotopic (exact) mass is 324 g/mol. The molecule has 0 spiro atoms. The lowest BCUT2D eigenvalue weighted by Crippen LogP contribution is -2.35. The Hall–Kier alpha value is -1.54. The van der Waals surface area contributed by atoms with Crippen molar-refractivity contribution in [3.05, 3.63) is 46.7 Å². The number of rotatable bonds is 7. The van der Waals surface area contributed by atoms with Crippen molar-refractivity contribution in [3.63, 3.8) is 0 Å². The predicted octanol–water partition coefficient (Wildman–Crippen LogP) is 3.19. The highest BCUT2D eigenvalue weighted by Gasteiger charge is 2.08. The number of amides is 2. The van der Waals surface area contributed by atoms with E-state index in [2.05, 4.69) is 18.2 Å². The van der Waals surface area contributed by atoms with E-state index in [1.165, 1.54) is 4.90 Å². The van der Waals surface area contributed by atoms with E-state index in [4.69, 9.17) is 15.7 Å². The highest BCUT2D eigenvalue weighted by molar-refractivity contribution is 7.99. The molecule has 2 rings (SSSR count). The van der Waals surface area contributed by atoms with Gasteiger partial charge in [0.1, 0.15) is 0 Å². The second-order valence-corrected chi connectivity index (χ2v) is 6.25. The third-order valence-corrected chi connectivity index (χ3v) is 4.74. The van der Waals surface area contributed by atoms with Crippen LogP contribution in [0.1, 0.15) is 4.88 Å². The Kier molecular flexibility index (Phi) is 6.06. The van der Waals surface area contributed by atoms with Crippen LogP contribution in [-0.2, 0) is 11.3 Å². The standard InChI is InChI=1S/C14H16N2O3S2/c15-14(17)16(18)7-8-19-10-13-12(6-9-20-13)21-11-4-2-1-3-5-11/h1-6,9,18H,7-8,10H2,(H2,15,17). The molecule has 0 aliphatic heterocycles. The van der Waals surface area contributed by atoms with Gasteiger partial charge in [0.05, 0.1) is 19.8 Å². The van der Waals surface area contributed by atoms with Crippen molar-refractivity contribution in [2.45, 2.75) is 16.4 Å². The Morgan fingerprint density at radius 3 is 2.81 bits per heavy atom. The summed E-state index contributed by atoms with van der Waals surface area (Å²) in [6, 6.07) is 11.3. The van der Waals surface area contributed by atoms with Crippen LogP contribution in [0.5, 0.6) is 0 Å². The van der Waals surface area contributed by atoms with Crippen LogP contribution in [0.2, 0.25) is 0 Å². The van der Waals surface area contributed by atoms with E-state index in [0.29, 0.717) is 11.7 Å². The third kappa shape index (κ3) is 5.05. The molecule has 0 fully saturated rings. The first-order valence-corrected chi connectivity index (χ1v) is 7.99. The second-order valence-electron chi connectivity index (χ2n) is 4.14. The van der Waals surface area contributed by atoms with E-state index < -0.39 is 6.03 Å². The molecular weight excluding hydrogens is 308 g/mol. The molecule has 0 bridgehead atoms. The van der Waals surface area contributed by atoms with E-state index in [1.54, 1.807) is 23.1 Å². The first kappa shape index (κ1) is 15.8. The van der Waals surface area contributed by atoms with E-state index in [9.17, 15) is 4.79 Å². The number of nitrogens with two attached hydrogens (primary N) is 1. The number of hydrogen-bond acceptors (Lipinski definition) is 5. The van der Waals surface area contributed by atoms with Gasteiger partial charge in [0.25, 0.3) is 0 Å². The Labute approximate surface area is 131 Å². The number of carbonyl (C=O) groups excluding carboxylic acids is 1. The van der Waals surface area contributed by atoms with Crippen molar-refractivity contribution in [3.8, 4) is 0 Å². The van der Waals surface area contributed by atoms with E-state index in [1.807, 2.05) is 23.6 Å². The minimum Gasteiger partial charge on any atom is -0.374 e. The number of nitrogens with zero attached hydrogens (tertiary/aromatic N) is 1. The number of benzene rings is 1. The van der Waals surface area contributed by atoms with Crippen LogP contribution in [-0.4, -0.2) is 29.5 Å². The number of primary amides is 1. The Balaban J connectivity index is 1.82. The summed E-state index contributed by atoms with van der Waals surface area (Å²) in [4.78, 5) is 14.1. The second kappa shape index (κ2) is 8.04. The fourth-order valence-electron chi connectivity index (χ4n) is 1.57. The smallest absolute Gasteiger partial charge is 0.338 e. The van der Waals surface area contributed by atoms with Crippen LogP contribution < -0.4 is 5.73 Å².